The van der Waals surface area contributed by atoms with Crippen molar-refractivity contribution in [1.82, 2.24) is 25.3 Å². The van der Waals surface area contributed by atoms with Crippen LogP contribution in [-0.2, 0) is 19.0 Å². The molecule has 18 nitrogen and oxygen atoms in total. The quantitative estimate of drug-likeness (QED) is 0.160. The number of nitrogens with one attached hydrogen (secondary N) is 2. The lowest BCUT2D eigenvalue weighted by Crippen LogP contribution is -2.34. The molecular formula is C24H36N8O10S2. The van der Waals surface area contributed by atoms with E-state index in [0.29, 0.717) is 24.7 Å². The van der Waals surface area contributed by atoms with Gasteiger partial charge < -0.3 is 44.2 Å². The van der Waals surface area contributed by atoms with Crippen LogP contribution in [0.15, 0.2) is 17.4 Å². The van der Waals surface area contributed by atoms with Gasteiger partial charge in [-0.1, -0.05) is 0 Å². The Morgan fingerprint density at radius 3 is 1.80 bits per heavy atom. The fourth-order valence-electron chi connectivity index (χ4n) is 2.11. The summed E-state index contributed by atoms with van der Waals surface area (Å²) in [7, 11) is 5.86. The van der Waals surface area contributed by atoms with Crippen LogP contribution in [-0.4, -0.2) is 96.6 Å². The van der Waals surface area contributed by atoms with Crippen molar-refractivity contribution in [2.75, 3.05) is 59.3 Å². The molecule has 4 N–H and O–H groups in total. The van der Waals surface area contributed by atoms with Crippen LogP contribution >= 0.6 is 24.4 Å². The Bertz CT molecular complexity index is 1230. The third kappa shape index (κ3) is 20.0. The number of isothiocyanates is 1. The van der Waals surface area contributed by atoms with Crippen LogP contribution in [0, 0.1) is 0 Å². The molecule has 0 aliphatic carbocycles. The monoisotopic (exact) mass is 660 g/mol. The maximum atomic E-state index is 11.2. The van der Waals surface area contributed by atoms with E-state index in [0.717, 1.165) is 0 Å². The van der Waals surface area contributed by atoms with Gasteiger partial charge in [0.25, 0.3) is 0 Å². The lowest BCUT2D eigenvalue weighted by Gasteiger charge is -2.11. The number of hydrogen-bond acceptors (Lipinski definition) is 17. The standard InChI is InChI=1S/C10H14N4O4S.C6H9N3O2.C4H5NO2S.C4H8O2/c1-4-18-10(15)14-9(19)13-7-6(16-2)5-11-8(12-7)17-3;1-10-4-3-8-6(11-2)9-5(4)7;1-2-7-4(6)5-3-8;1-3-6-4(2)5/h5H,4H2,1-3H3,(H2,11,12,13,14,15,19);3H,1-2H3,(H2,7,8,9);2H2,1H3;3H2,1-2H3. The Hall–Kier alpha value is -4.94. The lowest BCUT2D eigenvalue weighted by molar-refractivity contribution is -0.140. The van der Waals surface area contributed by atoms with Crippen molar-refractivity contribution in [2.24, 2.45) is 4.99 Å². The number of ether oxygens (including phenoxy) is 7. The number of thiocarbonyl (C=S) groups is 2. The predicted molar refractivity (Wildman–Crippen MR) is 165 cm³/mol. The van der Waals surface area contributed by atoms with Crippen molar-refractivity contribution in [3.05, 3.63) is 12.4 Å². The number of carbonyl (C=O) groups excluding carboxylic acids is 3. The summed E-state index contributed by atoms with van der Waals surface area (Å²) in [5.41, 5.74) is 5.45. The molecule has 44 heavy (non-hydrogen) atoms. The highest BCUT2D eigenvalue weighted by Crippen LogP contribution is 2.22. The second kappa shape index (κ2) is 25.7. The Morgan fingerprint density at radius 2 is 1.39 bits per heavy atom. The average Bonchev–Trinajstić information content (AvgIpc) is 2.98. The zero-order chi connectivity index (χ0) is 33.9. The molecule has 0 bridgehead atoms. The van der Waals surface area contributed by atoms with Gasteiger partial charge in [-0.15, -0.1) is 4.99 Å². The van der Waals surface area contributed by atoms with Gasteiger partial charge in [0, 0.05) is 6.92 Å². The van der Waals surface area contributed by atoms with Crippen molar-refractivity contribution >= 4 is 64.5 Å². The molecule has 0 saturated heterocycles. The third-order valence-electron chi connectivity index (χ3n) is 3.77. The topological polar surface area (TPSA) is 230 Å². The minimum absolute atomic E-state index is 0.0255. The first-order chi connectivity index (χ1) is 21.0. The van der Waals surface area contributed by atoms with E-state index < -0.39 is 12.2 Å². The van der Waals surface area contributed by atoms with Crippen LogP contribution in [0.25, 0.3) is 0 Å². The summed E-state index contributed by atoms with van der Waals surface area (Å²) in [4.78, 5) is 49.6. The van der Waals surface area contributed by atoms with Gasteiger partial charge in [-0.25, -0.2) is 9.59 Å². The number of esters is 1. The molecule has 0 aliphatic rings. The smallest absolute Gasteiger partial charge is 0.442 e. The molecule has 0 atom stereocenters. The number of amides is 2. The fourth-order valence-corrected chi connectivity index (χ4v) is 2.36. The van der Waals surface area contributed by atoms with Crippen LogP contribution in [0.2, 0.25) is 0 Å². The van der Waals surface area contributed by atoms with Gasteiger partial charge in [-0.2, -0.15) is 19.9 Å². The average molecular weight is 661 g/mol. The van der Waals surface area contributed by atoms with Gasteiger partial charge in [0.05, 0.1) is 65.8 Å². The maximum Gasteiger partial charge on any atom is 0.442 e. The molecule has 0 unspecified atom stereocenters. The molecule has 0 spiro atoms. The maximum absolute atomic E-state index is 11.2. The summed E-state index contributed by atoms with van der Waals surface area (Å²) >= 11 is 9.06. The first-order valence-corrected chi connectivity index (χ1v) is 13.1. The molecule has 0 radical (unpaired) electrons. The second-order valence-electron chi connectivity index (χ2n) is 6.71. The minimum Gasteiger partial charge on any atom is -0.491 e. The number of nitrogen functional groups attached to an aromatic ring is 1. The number of nitrogens with two attached hydrogens (primary N) is 1. The van der Waals surface area contributed by atoms with E-state index in [1.165, 1.54) is 47.8 Å². The molecule has 0 aliphatic heterocycles. The highest BCUT2D eigenvalue weighted by atomic mass is 32.1. The molecule has 0 fully saturated rings. The van der Waals surface area contributed by atoms with Crippen LogP contribution < -0.4 is 35.3 Å². The fraction of sp³-hybridized carbons (Fsp3) is 0.458. The number of hydrogen-bond donors (Lipinski definition) is 3. The highest BCUT2D eigenvalue weighted by Gasteiger charge is 2.11. The SMILES string of the molecule is CCOC(=O)N=C=S.CCOC(=O)NC(=S)Nc1nc(OC)ncc1OC.CCOC(C)=O.COc1ncc(OC)c(N)n1. The van der Waals surface area contributed by atoms with Crippen LogP contribution in [0.4, 0.5) is 21.2 Å². The number of carbonyl (C=O) groups is 3. The Balaban J connectivity index is 0. The zero-order valence-electron chi connectivity index (χ0n) is 25.5. The number of methoxy groups -OCH3 is 4. The predicted octanol–water partition coefficient (Wildman–Crippen LogP) is 2.83. The molecule has 0 aromatic carbocycles. The van der Waals surface area contributed by atoms with Crippen LogP contribution in [0.5, 0.6) is 23.5 Å². The highest BCUT2D eigenvalue weighted by molar-refractivity contribution is 7.80. The Labute approximate surface area is 265 Å². The Kier molecular flexibility index (Phi) is 24.1. The molecule has 2 aromatic rings. The molecule has 2 rings (SSSR count). The van der Waals surface area contributed by atoms with E-state index in [9.17, 15) is 14.4 Å². The summed E-state index contributed by atoms with van der Waals surface area (Å²) in [6.45, 7) is 7.60. The van der Waals surface area contributed by atoms with Gasteiger partial charge in [0.1, 0.15) is 0 Å². The van der Waals surface area contributed by atoms with E-state index in [1.54, 1.807) is 20.8 Å². The molecule has 2 aromatic heterocycles. The van der Waals surface area contributed by atoms with Crippen LogP contribution in [0.1, 0.15) is 27.7 Å². The summed E-state index contributed by atoms with van der Waals surface area (Å²) in [5, 5.41) is 6.92. The van der Waals surface area contributed by atoms with Gasteiger partial charge in [0.15, 0.2) is 28.2 Å². The number of alkyl carbamates (subject to hydrolysis) is 1. The Morgan fingerprint density at radius 1 is 0.864 bits per heavy atom. The lowest BCUT2D eigenvalue weighted by atomic mass is 10.5. The molecule has 0 saturated carbocycles. The summed E-state index contributed by atoms with van der Waals surface area (Å²) in [5.74, 6) is 1.15. The van der Waals surface area contributed by atoms with E-state index in [-0.39, 0.29) is 41.3 Å². The molecule has 20 heteroatoms. The zero-order valence-corrected chi connectivity index (χ0v) is 27.1. The van der Waals surface area contributed by atoms with Gasteiger partial charge >= 0.3 is 30.2 Å². The van der Waals surface area contributed by atoms with E-state index in [2.05, 4.69) is 62.0 Å². The van der Waals surface area contributed by atoms with E-state index >= 15 is 0 Å². The van der Waals surface area contributed by atoms with Crippen molar-refractivity contribution in [3.63, 3.8) is 0 Å². The first kappa shape index (κ1) is 41.2. The number of rotatable bonds is 8. The van der Waals surface area contributed by atoms with Crippen LogP contribution in [0.3, 0.4) is 0 Å². The normalized spacial score (nSPS) is 8.73. The molecular weight excluding hydrogens is 624 g/mol. The van der Waals surface area contributed by atoms with Gasteiger partial charge in [-0.3, -0.25) is 10.1 Å². The van der Waals surface area contributed by atoms with Gasteiger partial charge in [0.2, 0.25) is 0 Å². The summed E-state index contributed by atoms with van der Waals surface area (Å²) in [6.07, 6.45) is 1.55. The first-order valence-electron chi connectivity index (χ1n) is 12.2. The molecule has 2 amide bonds. The largest absolute Gasteiger partial charge is 0.491 e. The molecule has 2 heterocycles. The number of anilines is 2. The third-order valence-corrected chi connectivity index (χ3v) is 4.07. The summed E-state index contributed by atoms with van der Waals surface area (Å²) in [6, 6.07) is 0.380. The number of aromatic nitrogens is 4. The second-order valence-corrected chi connectivity index (χ2v) is 7.30. The molecule has 244 valence electrons. The van der Waals surface area contributed by atoms with Gasteiger partial charge in [-0.05, 0) is 45.2 Å². The number of nitrogens with zero attached hydrogens (tertiary/aromatic N) is 5. The van der Waals surface area contributed by atoms with Crippen molar-refractivity contribution in [1.29, 1.82) is 0 Å². The van der Waals surface area contributed by atoms with Crippen molar-refractivity contribution < 1.29 is 47.5 Å². The van der Waals surface area contributed by atoms with Crippen molar-refractivity contribution in [3.8, 4) is 23.5 Å². The summed E-state index contributed by atoms with van der Waals surface area (Å²) < 4.78 is 32.9. The van der Waals surface area contributed by atoms with Crippen molar-refractivity contribution in [2.45, 2.75) is 27.7 Å². The van der Waals surface area contributed by atoms with E-state index in [1.807, 2.05) is 5.16 Å². The number of aliphatic imine (C=N–C) groups is 1. The van der Waals surface area contributed by atoms with E-state index in [4.69, 9.17) is 36.9 Å². The minimum atomic E-state index is -0.678.